The molecule has 1 N–H and O–H groups in total. The van der Waals surface area contributed by atoms with Crippen LogP contribution in [0.3, 0.4) is 0 Å². The van der Waals surface area contributed by atoms with Gasteiger partial charge in [0.2, 0.25) is 16.8 Å². The molecule has 2 heterocycles. The summed E-state index contributed by atoms with van der Waals surface area (Å²) in [5.41, 5.74) is 0.982. The van der Waals surface area contributed by atoms with Crippen LogP contribution in [0.25, 0.3) is 4.96 Å². The molecule has 2 aromatic heterocycles. The number of benzene rings is 1. The molecule has 0 aliphatic heterocycles. The van der Waals surface area contributed by atoms with Crippen LogP contribution in [0.1, 0.15) is 12.1 Å². The highest BCUT2D eigenvalue weighted by Gasteiger charge is 2.10. The number of anilines is 1. The van der Waals surface area contributed by atoms with Gasteiger partial charge in [0.25, 0.3) is 0 Å². The number of carbonyl (C=O) groups excluding carboxylic acids is 1. The van der Waals surface area contributed by atoms with Crippen LogP contribution >= 0.6 is 22.9 Å². The van der Waals surface area contributed by atoms with Gasteiger partial charge in [0.1, 0.15) is 5.75 Å². The molecule has 0 radical (unpaired) electrons. The van der Waals surface area contributed by atoms with Crippen molar-refractivity contribution < 1.29 is 9.53 Å². The van der Waals surface area contributed by atoms with E-state index in [4.69, 9.17) is 16.3 Å². The first-order chi connectivity index (χ1) is 10.6. The fraction of sp³-hybridized carbons (Fsp3) is 0.214. The number of nitrogens with one attached hydrogen (secondary N) is 1. The Kier molecular flexibility index (Phi) is 4.26. The summed E-state index contributed by atoms with van der Waals surface area (Å²) in [4.78, 5) is 16.8. The highest BCUT2D eigenvalue weighted by molar-refractivity contribution is 7.15. The van der Waals surface area contributed by atoms with Crippen LogP contribution in [0.15, 0.2) is 29.6 Å². The smallest absolute Gasteiger partial charge is 0.250 e. The molecule has 0 bridgehead atoms. The molecule has 22 heavy (non-hydrogen) atoms. The Morgan fingerprint density at radius 2 is 2.27 bits per heavy atom. The fourth-order valence-corrected chi connectivity index (χ4v) is 2.84. The number of aryl methyl sites for hydroxylation is 1. The Hall–Kier alpha value is -2.12. The molecule has 8 heteroatoms. The number of fused-ring (bicyclic) bond motifs is 1. The minimum Gasteiger partial charge on any atom is -0.491 e. The van der Waals surface area contributed by atoms with Crippen molar-refractivity contribution in [3.8, 4) is 5.75 Å². The van der Waals surface area contributed by atoms with E-state index in [1.165, 1.54) is 11.3 Å². The molecule has 0 saturated heterocycles. The predicted octanol–water partition coefficient (Wildman–Crippen LogP) is 3.16. The van der Waals surface area contributed by atoms with Crippen LogP contribution < -0.4 is 10.1 Å². The van der Waals surface area contributed by atoms with Gasteiger partial charge in [-0.15, -0.1) is 16.4 Å². The first-order valence-corrected chi connectivity index (χ1v) is 7.87. The molecule has 0 spiro atoms. The number of rotatable bonds is 5. The number of para-hydroxylation sites is 1. The molecule has 1 amide bonds. The van der Waals surface area contributed by atoms with Gasteiger partial charge < -0.3 is 4.74 Å². The summed E-state index contributed by atoms with van der Waals surface area (Å²) >= 11 is 7.45. The number of aromatic nitrogens is 3. The van der Waals surface area contributed by atoms with Gasteiger partial charge in [-0.2, -0.15) is 4.98 Å². The Morgan fingerprint density at radius 3 is 3.05 bits per heavy atom. The van der Waals surface area contributed by atoms with Crippen molar-refractivity contribution >= 4 is 39.8 Å². The van der Waals surface area contributed by atoms with E-state index in [-0.39, 0.29) is 18.9 Å². The first kappa shape index (κ1) is 14.8. The Labute approximate surface area is 135 Å². The van der Waals surface area contributed by atoms with E-state index in [9.17, 15) is 4.79 Å². The summed E-state index contributed by atoms with van der Waals surface area (Å²) in [7, 11) is 0. The minimum absolute atomic E-state index is 0.192. The first-order valence-electron chi connectivity index (χ1n) is 6.61. The number of halogens is 1. The Balaban J connectivity index is 1.53. The topological polar surface area (TPSA) is 68.5 Å². The van der Waals surface area contributed by atoms with Crippen molar-refractivity contribution in [3.63, 3.8) is 0 Å². The maximum absolute atomic E-state index is 11.9. The van der Waals surface area contributed by atoms with E-state index in [0.29, 0.717) is 16.7 Å². The number of nitrogens with zero attached hydrogens (tertiary/aromatic N) is 3. The minimum atomic E-state index is -0.206. The van der Waals surface area contributed by atoms with Crippen molar-refractivity contribution in [2.45, 2.75) is 13.3 Å². The van der Waals surface area contributed by atoms with E-state index in [2.05, 4.69) is 15.4 Å². The van der Waals surface area contributed by atoms with E-state index < -0.39 is 0 Å². The van der Waals surface area contributed by atoms with Crippen LogP contribution in [-0.4, -0.2) is 27.1 Å². The van der Waals surface area contributed by atoms with Gasteiger partial charge >= 0.3 is 0 Å². The molecule has 6 nitrogen and oxygen atoms in total. The third kappa shape index (κ3) is 3.20. The molecule has 0 atom stereocenters. The molecular formula is C14H13ClN4O2S. The number of hydrogen-bond donors (Lipinski definition) is 1. The van der Waals surface area contributed by atoms with Crippen LogP contribution in [0.2, 0.25) is 5.02 Å². The molecule has 3 rings (SSSR count). The summed E-state index contributed by atoms with van der Waals surface area (Å²) in [6, 6.07) is 7.14. The van der Waals surface area contributed by atoms with Gasteiger partial charge in [-0.1, -0.05) is 23.7 Å². The van der Waals surface area contributed by atoms with Crippen molar-refractivity contribution in [2.75, 3.05) is 11.9 Å². The molecule has 1 aromatic carbocycles. The normalized spacial score (nSPS) is 10.8. The zero-order valence-electron chi connectivity index (χ0n) is 11.7. The molecule has 114 valence electrons. The number of hydrogen-bond acceptors (Lipinski definition) is 5. The van der Waals surface area contributed by atoms with Crippen molar-refractivity contribution in [2.24, 2.45) is 0 Å². The van der Waals surface area contributed by atoms with Gasteiger partial charge in [-0.3, -0.25) is 10.1 Å². The van der Waals surface area contributed by atoms with Crippen LogP contribution in [-0.2, 0) is 4.79 Å². The van der Waals surface area contributed by atoms with Gasteiger partial charge in [0, 0.05) is 5.38 Å². The molecular weight excluding hydrogens is 324 g/mol. The fourth-order valence-electron chi connectivity index (χ4n) is 1.85. The zero-order chi connectivity index (χ0) is 15.5. The summed E-state index contributed by atoms with van der Waals surface area (Å²) in [5, 5.41) is 9.35. The maximum atomic E-state index is 11.9. The quantitative estimate of drug-likeness (QED) is 0.777. The van der Waals surface area contributed by atoms with Crippen LogP contribution in [0.4, 0.5) is 5.95 Å². The molecule has 0 fully saturated rings. The van der Waals surface area contributed by atoms with E-state index in [1.807, 2.05) is 24.4 Å². The highest BCUT2D eigenvalue weighted by atomic mass is 35.5. The average Bonchev–Trinajstić information content (AvgIpc) is 3.03. The predicted molar refractivity (Wildman–Crippen MR) is 85.8 cm³/mol. The van der Waals surface area contributed by atoms with Crippen LogP contribution in [0.5, 0.6) is 5.75 Å². The molecule has 0 unspecified atom stereocenters. The monoisotopic (exact) mass is 336 g/mol. The van der Waals surface area contributed by atoms with E-state index >= 15 is 0 Å². The lowest BCUT2D eigenvalue weighted by molar-refractivity contribution is -0.116. The molecule has 3 aromatic rings. The lowest BCUT2D eigenvalue weighted by Crippen LogP contribution is -2.16. The molecule has 0 aliphatic rings. The maximum Gasteiger partial charge on any atom is 0.250 e. The third-order valence-corrected chi connectivity index (χ3v) is 4.17. The largest absolute Gasteiger partial charge is 0.491 e. The molecule has 0 saturated carbocycles. The SMILES string of the molecule is Cc1csc2nc(NC(=O)CCOc3ccccc3Cl)nn12. The lowest BCUT2D eigenvalue weighted by Gasteiger charge is -2.07. The van der Waals surface area contributed by atoms with Gasteiger partial charge in [0.15, 0.2) is 0 Å². The summed E-state index contributed by atoms with van der Waals surface area (Å²) in [6.45, 7) is 2.16. The second kappa shape index (κ2) is 6.33. The highest BCUT2D eigenvalue weighted by Crippen LogP contribution is 2.23. The Bertz CT molecular complexity index is 814. The second-order valence-electron chi connectivity index (χ2n) is 4.58. The van der Waals surface area contributed by atoms with Crippen molar-refractivity contribution in [1.82, 2.24) is 14.6 Å². The van der Waals surface area contributed by atoms with Crippen LogP contribution in [0, 0.1) is 6.92 Å². The van der Waals surface area contributed by atoms with Gasteiger partial charge in [-0.05, 0) is 19.1 Å². The summed E-state index contributed by atoms with van der Waals surface area (Å²) in [6.07, 6.45) is 0.192. The number of thiazole rings is 1. The summed E-state index contributed by atoms with van der Waals surface area (Å²) < 4.78 is 7.17. The number of amides is 1. The second-order valence-corrected chi connectivity index (χ2v) is 5.83. The van der Waals surface area contributed by atoms with E-state index in [1.54, 1.807) is 16.6 Å². The van der Waals surface area contributed by atoms with Gasteiger partial charge in [-0.25, -0.2) is 4.52 Å². The van der Waals surface area contributed by atoms with Gasteiger partial charge in [0.05, 0.1) is 23.7 Å². The lowest BCUT2D eigenvalue weighted by atomic mass is 10.3. The zero-order valence-corrected chi connectivity index (χ0v) is 13.3. The number of ether oxygens (including phenoxy) is 1. The summed E-state index contributed by atoms with van der Waals surface area (Å²) in [5.74, 6) is 0.661. The van der Waals surface area contributed by atoms with Crippen molar-refractivity contribution in [3.05, 3.63) is 40.4 Å². The Morgan fingerprint density at radius 1 is 1.45 bits per heavy atom. The third-order valence-electron chi connectivity index (χ3n) is 2.92. The number of carbonyl (C=O) groups is 1. The standard InChI is InChI=1S/C14H13ClN4O2S/c1-9-8-22-14-17-13(18-19(9)14)16-12(20)6-7-21-11-5-3-2-4-10(11)15/h2-5,8H,6-7H2,1H3,(H,16,18,20). The molecule has 0 aliphatic carbocycles. The average molecular weight is 337 g/mol. The van der Waals surface area contributed by atoms with E-state index in [0.717, 1.165) is 10.7 Å². The van der Waals surface area contributed by atoms with Crippen molar-refractivity contribution in [1.29, 1.82) is 0 Å².